The van der Waals surface area contributed by atoms with Gasteiger partial charge in [-0.3, -0.25) is 0 Å². The van der Waals surface area contributed by atoms with Gasteiger partial charge in [0.1, 0.15) is 16.5 Å². The molecule has 2 aromatic rings. The van der Waals surface area contributed by atoms with Gasteiger partial charge in [-0.2, -0.15) is 0 Å². The first-order chi connectivity index (χ1) is 16.3. The number of ether oxygens (including phenoxy) is 3. The van der Waals surface area contributed by atoms with E-state index in [-0.39, 0.29) is 17.9 Å². The fourth-order valence-corrected chi connectivity index (χ4v) is 4.69. The van der Waals surface area contributed by atoms with Gasteiger partial charge in [-0.1, -0.05) is 58.1 Å². The van der Waals surface area contributed by atoms with Crippen molar-refractivity contribution in [3.8, 4) is 10.7 Å². The lowest BCUT2D eigenvalue weighted by Crippen LogP contribution is -2.21. The number of methoxy groups -OCH3 is 3. The summed E-state index contributed by atoms with van der Waals surface area (Å²) in [6.07, 6.45) is 13.4. The van der Waals surface area contributed by atoms with Gasteiger partial charge >= 0.3 is 5.97 Å². The van der Waals surface area contributed by atoms with Gasteiger partial charge in [0.25, 0.3) is 0 Å². The molecular formula is C26H34N2O4S2. The van der Waals surface area contributed by atoms with E-state index in [2.05, 4.69) is 50.5 Å². The van der Waals surface area contributed by atoms with Crippen LogP contribution in [0.2, 0.25) is 0 Å². The molecule has 2 aromatic heterocycles. The van der Waals surface area contributed by atoms with Crippen LogP contribution in [0.3, 0.4) is 0 Å². The highest BCUT2D eigenvalue weighted by atomic mass is 32.1. The summed E-state index contributed by atoms with van der Waals surface area (Å²) in [4.78, 5) is 21.1. The van der Waals surface area contributed by atoms with Crippen LogP contribution in [-0.2, 0) is 19.0 Å². The van der Waals surface area contributed by atoms with Crippen molar-refractivity contribution in [2.24, 2.45) is 11.8 Å². The maximum atomic E-state index is 11.6. The predicted molar refractivity (Wildman–Crippen MR) is 141 cm³/mol. The standard InChI is InChI=1S/C26H34N2O4S2/c1-17(2)10-8-9-11-18(3)25-28-21(16-34-25)26-27-20(15-33-26)12-13-22(30-5)19(4)23(31-6)14-24(29)32-7/h8-19,22H,1-7H3/t18-,19+,22-/m0/s1. The molecule has 0 saturated heterocycles. The largest absolute Gasteiger partial charge is 0.500 e. The monoisotopic (exact) mass is 502 g/mol. The van der Waals surface area contributed by atoms with Crippen LogP contribution < -0.4 is 0 Å². The highest BCUT2D eigenvalue weighted by Gasteiger charge is 2.21. The van der Waals surface area contributed by atoms with Crippen LogP contribution in [0.25, 0.3) is 16.8 Å². The first-order valence-electron chi connectivity index (χ1n) is 11.1. The summed E-state index contributed by atoms with van der Waals surface area (Å²) in [6, 6.07) is 0. The number of esters is 1. The highest BCUT2D eigenvalue weighted by Crippen LogP contribution is 2.30. The number of aromatic nitrogens is 2. The second-order valence-corrected chi connectivity index (χ2v) is 9.82. The molecule has 6 nitrogen and oxygen atoms in total. The van der Waals surface area contributed by atoms with Crippen molar-refractivity contribution in [1.29, 1.82) is 0 Å². The lowest BCUT2D eigenvalue weighted by molar-refractivity contribution is -0.135. The molecule has 0 radical (unpaired) electrons. The first-order valence-corrected chi connectivity index (χ1v) is 12.9. The molecule has 3 atom stereocenters. The van der Waals surface area contributed by atoms with E-state index in [0.29, 0.717) is 11.7 Å². The topological polar surface area (TPSA) is 70.5 Å². The number of rotatable bonds is 12. The van der Waals surface area contributed by atoms with E-state index in [4.69, 9.17) is 24.2 Å². The van der Waals surface area contributed by atoms with Gasteiger partial charge in [0.05, 0.1) is 37.1 Å². The number of hydrogen-bond acceptors (Lipinski definition) is 8. The SMILES string of the molecule is COC(=O)C=C(OC)[C@H](C)[C@H](C=Cc1csc(-c2csc([C@@H](C)C=CC=CC(C)C)n2)n1)OC. The summed E-state index contributed by atoms with van der Waals surface area (Å²) < 4.78 is 15.7. The van der Waals surface area contributed by atoms with Crippen molar-refractivity contribution in [2.45, 2.75) is 39.7 Å². The minimum absolute atomic E-state index is 0.186. The number of carbonyl (C=O) groups is 1. The quantitative estimate of drug-likeness (QED) is 0.143. The molecule has 0 aliphatic rings. The van der Waals surface area contributed by atoms with Gasteiger partial charge in [-0.25, -0.2) is 14.8 Å². The van der Waals surface area contributed by atoms with Crippen LogP contribution in [0.1, 0.15) is 44.3 Å². The van der Waals surface area contributed by atoms with Crippen molar-refractivity contribution in [1.82, 2.24) is 9.97 Å². The van der Waals surface area contributed by atoms with Crippen molar-refractivity contribution in [3.05, 3.63) is 63.7 Å². The molecule has 0 spiro atoms. The van der Waals surface area contributed by atoms with Gasteiger partial charge in [0.2, 0.25) is 0 Å². The van der Waals surface area contributed by atoms with Crippen LogP contribution in [0.5, 0.6) is 0 Å². The van der Waals surface area contributed by atoms with E-state index in [1.54, 1.807) is 29.8 Å². The van der Waals surface area contributed by atoms with Crippen molar-refractivity contribution >= 4 is 34.7 Å². The number of thiazole rings is 2. The summed E-state index contributed by atoms with van der Waals surface area (Å²) >= 11 is 3.21. The minimum atomic E-state index is -0.467. The zero-order valence-electron chi connectivity index (χ0n) is 20.8. The second kappa shape index (κ2) is 14.0. The Balaban J connectivity index is 2.09. The van der Waals surface area contributed by atoms with E-state index in [9.17, 15) is 4.79 Å². The Bertz CT molecular complexity index is 1030. The molecule has 0 fully saturated rings. The van der Waals surface area contributed by atoms with E-state index >= 15 is 0 Å². The van der Waals surface area contributed by atoms with Crippen LogP contribution in [0.15, 0.2) is 53.0 Å². The van der Waals surface area contributed by atoms with Crippen molar-refractivity contribution < 1.29 is 19.0 Å². The molecule has 184 valence electrons. The Morgan fingerprint density at radius 3 is 2.32 bits per heavy atom. The summed E-state index contributed by atoms with van der Waals surface area (Å²) in [6.45, 7) is 8.39. The summed E-state index contributed by atoms with van der Waals surface area (Å²) in [5.74, 6) is 0.618. The Kier molecular flexibility index (Phi) is 11.4. The molecule has 0 amide bonds. The van der Waals surface area contributed by atoms with Crippen LogP contribution in [0, 0.1) is 11.8 Å². The predicted octanol–water partition coefficient (Wildman–Crippen LogP) is 6.51. The Hall–Kier alpha value is -2.55. The fourth-order valence-electron chi connectivity index (χ4n) is 3.03. The third-order valence-corrected chi connectivity index (χ3v) is 6.96. The molecule has 0 unspecified atom stereocenters. The second-order valence-electron chi connectivity index (χ2n) is 8.07. The zero-order chi connectivity index (χ0) is 25.1. The van der Waals surface area contributed by atoms with E-state index < -0.39 is 5.97 Å². The average molecular weight is 503 g/mol. The third kappa shape index (κ3) is 8.34. The summed E-state index contributed by atoms with van der Waals surface area (Å²) in [5, 5.41) is 5.99. The normalized spacial score (nSPS) is 15.5. The van der Waals surface area contributed by atoms with Gasteiger partial charge in [-0.05, 0) is 12.0 Å². The number of allylic oxidation sites excluding steroid dienone is 4. The minimum Gasteiger partial charge on any atom is -0.500 e. The molecule has 2 rings (SSSR count). The van der Waals surface area contributed by atoms with E-state index in [0.717, 1.165) is 21.4 Å². The molecule has 0 saturated carbocycles. The molecule has 0 N–H and O–H groups in total. The Labute approximate surface area is 210 Å². The maximum absolute atomic E-state index is 11.6. The molecule has 8 heteroatoms. The molecular weight excluding hydrogens is 468 g/mol. The van der Waals surface area contributed by atoms with Crippen molar-refractivity contribution in [2.75, 3.05) is 21.3 Å². The van der Waals surface area contributed by atoms with Crippen LogP contribution in [-0.4, -0.2) is 43.4 Å². The number of nitrogens with zero attached hydrogens (tertiary/aromatic N) is 2. The van der Waals surface area contributed by atoms with Gasteiger partial charge in [0, 0.05) is 29.7 Å². The van der Waals surface area contributed by atoms with Crippen LogP contribution in [0.4, 0.5) is 0 Å². The lowest BCUT2D eigenvalue weighted by Gasteiger charge is -2.21. The smallest absolute Gasteiger partial charge is 0.333 e. The molecule has 0 bridgehead atoms. The summed E-state index contributed by atoms with van der Waals surface area (Å²) in [5.41, 5.74) is 1.72. The van der Waals surface area contributed by atoms with E-state index in [1.165, 1.54) is 20.3 Å². The van der Waals surface area contributed by atoms with Gasteiger partial charge < -0.3 is 14.2 Å². The molecule has 2 heterocycles. The zero-order valence-corrected chi connectivity index (χ0v) is 22.5. The molecule has 0 aliphatic carbocycles. The Morgan fingerprint density at radius 1 is 0.941 bits per heavy atom. The molecule has 34 heavy (non-hydrogen) atoms. The van der Waals surface area contributed by atoms with Crippen LogP contribution >= 0.6 is 22.7 Å². The number of hydrogen-bond donors (Lipinski definition) is 0. The van der Waals surface area contributed by atoms with E-state index in [1.807, 2.05) is 24.5 Å². The fraction of sp³-hybridized carbons (Fsp3) is 0.423. The molecule has 0 aliphatic heterocycles. The first kappa shape index (κ1) is 27.7. The van der Waals surface area contributed by atoms with Crippen molar-refractivity contribution in [3.63, 3.8) is 0 Å². The van der Waals surface area contributed by atoms with Gasteiger partial charge in [-0.15, -0.1) is 22.7 Å². The summed E-state index contributed by atoms with van der Waals surface area (Å²) in [7, 11) is 4.47. The third-order valence-electron chi connectivity index (χ3n) is 5.03. The lowest BCUT2D eigenvalue weighted by atomic mass is 10.0. The average Bonchev–Trinajstić information content (AvgIpc) is 3.50. The maximum Gasteiger partial charge on any atom is 0.333 e. The van der Waals surface area contributed by atoms with Gasteiger partial charge in [0.15, 0.2) is 0 Å². The number of carbonyl (C=O) groups excluding carboxylic acids is 1. The molecule has 0 aromatic carbocycles. The Morgan fingerprint density at radius 2 is 1.68 bits per heavy atom. The highest BCUT2D eigenvalue weighted by molar-refractivity contribution is 7.14.